The molecule has 0 fully saturated rings. The lowest BCUT2D eigenvalue weighted by atomic mass is 10.1. The SMILES string of the molecule is O=C(NCCOCC(F)F)c1ccc(F)c(C(F)(F)F)c1. The van der Waals surface area contributed by atoms with E-state index < -0.39 is 42.1 Å². The van der Waals surface area contributed by atoms with Crippen LogP contribution < -0.4 is 5.32 Å². The van der Waals surface area contributed by atoms with E-state index in [0.29, 0.717) is 12.1 Å². The molecule has 21 heavy (non-hydrogen) atoms. The Labute approximate surface area is 115 Å². The van der Waals surface area contributed by atoms with Crippen LogP contribution in [0.1, 0.15) is 15.9 Å². The van der Waals surface area contributed by atoms with Crippen molar-refractivity contribution in [2.24, 2.45) is 0 Å². The molecule has 1 N–H and O–H groups in total. The smallest absolute Gasteiger partial charge is 0.374 e. The van der Waals surface area contributed by atoms with Crippen LogP contribution in [0.25, 0.3) is 0 Å². The van der Waals surface area contributed by atoms with Gasteiger partial charge in [0.1, 0.15) is 12.4 Å². The number of amides is 1. The Morgan fingerprint density at radius 1 is 1.29 bits per heavy atom. The first-order valence-electron chi connectivity index (χ1n) is 5.72. The number of hydrogen-bond donors (Lipinski definition) is 1. The van der Waals surface area contributed by atoms with Gasteiger partial charge in [-0.05, 0) is 18.2 Å². The minimum absolute atomic E-state index is 0.162. The fourth-order valence-corrected chi connectivity index (χ4v) is 1.39. The average molecular weight is 315 g/mol. The van der Waals surface area contributed by atoms with Gasteiger partial charge in [-0.3, -0.25) is 4.79 Å². The van der Waals surface area contributed by atoms with Crippen molar-refractivity contribution in [1.29, 1.82) is 0 Å². The lowest BCUT2D eigenvalue weighted by Crippen LogP contribution is -2.28. The van der Waals surface area contributed by atoms with Crippen molar-refractivity contribution in [3.05, 3.63) is 35.1 Å². The fourth-order valence-electron chi connectivity index (χ4n) is 1.39. The molecule has 0 heterocycles. The van der Waals surface area contributed by atoms with Gasteiger partial charge in [-0.15, -0.1) is 0 Å². The summed E-state index contributed by atoms with van der Waals surface area (Å²) in [6.07, 6.45) is -7.56. The molecule has 0 unspecified atom stereocenters. The Kier molecular flexibility index (Phi) is 6.01. The minimum Gasteiger partial charge on any atom is -0.374 e. The van der Waals surface area contributed by atoms with E-state index in [2.05, 4.69) is 10.1 Å². The normalized spacial score (nSPS) is 11.8. The van der Waals surface area contributed by atoms with E-state index in [-0.39, 0.29) is 13.2 Å². The zero-order valence-corrected chi connectivity index (χ0v) is 10.5. The number of carbonyl (C=O) groups is 1. The van der Waals surface area contributed by atoms with Gasteiger partial charge in [0.15, 0.2) is 0 Å². The molecule has 9 heteroatoms. The Hall–Kier alpha value is -1.77. The largest absolute Gasteiger partial charge is 0.419 e. The van der Waals surface area contributed by atoms with Gasteiger partial charge < -0.3 is 10.1 Å². The molecule has 1 rings (SSSR count). The van der Waals surface area contributed by atoms with Crippen molar-refractivity contribution in [2.75, 3.05) is 19.8 Å². The Balaban J connectivity index is 2.59. The van der Waals surface area contributed by atoms with E-state index in [1.807, 2.05) is 0 Å². The zero-order chi connectivity index (χ0) is 16.0. The monoisotopic (exact) mass is 315 g/mol. The van der Waals surface area contributed by atoms with Crippen LogP contribution in [0.2, 0.25) is 0 Å². The topological polar surface area (TPSA) is 38.3 Å². The third-order valence-corrected chi connectivity index (χ3v) is 2.31. The van der Waals surface area contributed by atoms with Crippen molar-refractivity contribution < 1.29 is 35.9 Å². The lowest BCUT2D eigenvalue weighted by molar-refractivity contribution is -0.140. The number of nitrogens with one attached hydrogen (secondary N) is 1. The summed E-state index contributed by atoms with van der Waals surface area (Å²) in [5.41, 5.74) is -1.94. The predicted molar refractivity (Wildman–Crippen MR) is 60.6 cm³/mol. The summed E-state index contributed by atoms with van der Waals surface area (Å²) < 4.78 is 78.3. The molecule has 0 radical (unpaired) electrons. The van der Waals surface area contributed by atoms with E-state index in [1.54, 1.807) is 0 Å². The molecule has 1 amide bonds. The first kappa shape index (κ1) is 17.3. The van der Waals surface area contributed by atoms with Crippen molar-refractivity contribution in [2.45, 2.75) is 12.6 Å². The molecular weight excluding hydrogens is 304 g/mol. The summed E-state index contributed by atoms with van der Waals surface area (Å²) in [5, 5.41) is 2.17. The van der Waals surface area contributed by atoms with E-state index in [0.717, 1.165) is 6.07 Å². The zero-order valence-electron chi connectivity index (χ0n) is 10.5. The van der Waals surface area contributed by atoms with Crippen molar-refractivity contribution in [1.82, 2.24) is 5.32 Å². The second kappa shape index (κ2) is 7.30. The van der Waals surface area contributed by atoms with Gasteiger partial charge in [0.2, 0.25) is 0 Å². The molecule has 0 spiro atoms. The number of rotatable bonds is 6. The third kappa shape index (κ3) is 5.62. The summed E-state index contributed by atoms with van der Waals surface area (Å²) in [4.78, 5) is 11.5. The van der Waals surface area contributed by atoms with Crippen molar-refractivity contribution in [3.63, 3.8) is 0 Å². The molecule has 3 nitrogen and oxygen atoms in total. The second-order valence-electron chi connectivity index (χ2n) is 3.91. The van der Waals surface area contributed by atoms with Gasteiger partial charge in [-0.1, -0.05) is 0 Å². The molecule has 0 aliphatic rings. The number of halogens is 6. The van der Waals surface area contributed by atoms with Crippen LogP contribution in [0, 0.1) is 5.82 Å². The molecule has 0 aliphatic heterocycles. The van der Waals surface area contributed by atoms with Gasteiger partial charge >= 0.3 is 6.18 Å². The van der Waals surface area contributed by atoms with Gasteiger partial charge in [-0.2, -0.15) is 13.2 Å². The van der Waals surface area contributed by atoms with Crippen LogP contribution in [0.15, 0.2) is 18.2 Å². The maximum atomic E-state index is 13.0. The summed E-state index contributed by atoms with van der Waals surface area (Å²) in [6.45, 7) is -1.18. The second-order valence-corrected chi connectivity index (χ2v) is 3.91. The van der Waals surface area contributed by atoms with Gasteiger partial charge in [-0.25, -0.2) is 13.2 Å². The van der Waals surface area contributed by atoms with Crippen LogP contribution in [-0.4, -0.2) is 32.1 Å². The van der Waals surface area contributed by atoms with Crippen molar-refractivity contribution >= 4 is 5.91 Å². The van der Waals surface area contributed by atoms with Crippen molar-refractivity contribution in [3.8, 4) is 0 Å². The van der Waals surface area contributed by atoms with Gasteiger partial charge in [0.25, 0.3) is 12.3 Å². The summed E-state index contributed by atoms with van der Waals surface area (Å²) >= 11 is 0. The Morgan fingerprint density at radius 3 is 2.52 bits per heavy atom. The highest BCUT2D eigenvalue weighted by Gasteiger charge is 2.34. The highest BCUT2D eigenvalue weighted by Crippen LogP contribution is 2.31. The summed E-state index contributed by atoms with van der Waals surface area (Å²) in [6, 6.07) is 1.80. The molecule has 118 valence electrons. The lowest BCUT2D eigenvalue weighted by Gasteiger charge is -2.10. The molecule has 0 aliphatic carbocycles. The molecule has 0 bridgehead atoms. The maximum absolute atomic E-state index is 13.0. The van der Waals surface area contributed by atoms with Crippen LogP contribution in [0.5, 0.6) is 0 Å². The number of ether oxygens (including phenoxy) is 1. The van der Waals surface area contributed by atoms with E-state index >= 15 is 0 Å². The quantitative estimate of drug-likeness (QED) is 0.647. The number of hydrogen-bond acceptors (Lipinski definition) is 2. The number of alkyl halides is 5. The summed E-state index contributed by atoms with van der Waals surface area (Å²) in [5.74, 6) is -2.37. The molecular formula is C12H11F6NO2. The first-order chi connectivity index (χ1) is 9.71. The minimum atomic E-state index is -4.92. The Bertz CT molecular complexity index is 489. The van der Waals surface area contributed by atoms with Crippen LogP contribution >= 0.6 is 0 Å². The average Bonchev–Trinajstić information content (AvgIpc) is 2.36. The Morgan fingerprint density at radius 2 is 1.95 bits per heavy atom. The van der Waals surface area contributed by atoms with Gasteiger partial charge in [0, 0.05) is 12.1 Å². The van der Waals surface area contributed by atoms with E-state index in [4.69, 9.17) is 0 Å². The fraction of sp³-hybridized carbons (Fsp3) is 0.417. The highest BCUT2D eigenvalue weighted by molar-refractivity contribution is 5.94. The van der Waals surface area contributed by atoms with E-state index in [9.17, 15) is 31.1 Å². The standard InChI is InChI=1S/C12H11F6NO2/c13-9-2-1-7(5-8(9)12(16,17)18)11(20)19-3-4-21-6-10(14)15/h1-2,5,10H,3-4,6H2,(H,19,20). The highest BCUT2D eigenvalue weighted by atomic mass is 19.4. The molecule has 1 aromatic rings. The van der Waals surface area contributed by atoms with E-state index in [1.165, 1.54) is 0 Å². The van der Waals surface area contributed by atoms with Crippen LogP contribution in [0.3, 0.4) is 0 Å². The number of carbonyl (C=O) groups excluding carboxylic acids is 1. The van der Waals surface area contributed by atoms with Crippen LogP contribution in [-0.2, 0) is 10.9 Å². The molecule has 0 saturated carbocycles. The van der Waals surface area contributed by atoms with Gasteiger partial charge in [0.05, 0.1) is 12.2 Å². The first-order valence-corrected chi connectivity index (χ1v) is 5.72. The third-order valence-electron chi connectivity index (χ3n) is 2.31. The number of benzene rings is 1. The summed E-state index contributed by atoms with van der Waals surface area (Å²) in [7, 11) is 0. The molecule has 1 aromatic carbocycles. The molecule has 0 aromatic heterocycles. The maximum Gasteiger partial charge on any atom is 0.419 e. The predicted octanol–water partition coefficient (Wildman–Crippen LogP) is 2.86. The van der Waals surface area contributed by atoms with Crippen LogP contribution in [0.4, 0.5) is 26.3 Å². The molecule has 0 saturated heterocycles. The molecule has 0 atom stereocenters.